The van der Waals surface area contributed by atoms with Crippen LogP contribution in [0.1, 0.15) is 19.4 Å². The minimum absolute atomic E-state index is 0.295. The Morgan fingerprint density at radius 3 is 2.68 bits per heavy atom. The molecule has 0 aliphatic rings. The summed E-state index contributed by atoms with van der Waals surface area (Å²) < 4.78 is 5.87. The largest absolute Gasteiger partial charge is 0.457 e. The van der Waals surface area contributed by atoms with Gasteiger partial charge in [0.2, 0.25) is 0 Å². The normalized spacial score (nSPS) is 10.4. The Bertz CT molecular complexity index is 671. The Labute approximate surface area is 129 Å². The number of carbonyl (C=O) groups is 1. The molecular weight excluding hydrogens is 280 g/mol. The number of benzene rings is 1. The molecule has 0 aliphatic carbocycles. The van der Waals surface area contributed by atoms with Crippen LogP contribution in [0.5, 0.6) is 11.5 Å². The number of nitrogens with one attached hydrogen (secondary N) is 2. The van der Waals surface area contributed by atoms with Crippen molar-refractivity contribution in [2.45, 2.75) is 26.8 Å². The van der Waals surface area contributed by atoms with E-state index in [2.05, 4.69) is 15.6 Å². The van der Waals surface area contributed by atoms with Crippen LogP contribution in [-0.2, 0) is 0 Å². The van der Waals surface area contributed by atoms with Gasteiger partial charge in [0.05, 0.1) is 0 Å². The lowest BCUT2D eigenvalue weighted by molar-refractivity contribution is 0.259. The van der Waals surface area contributed by atoms with Crippen LogP contribution in [0.25, 0.3) is 0 Å². The summed E-state index contributed by atoms with van der Waals surface area (Å²) in [4.78, 5) is 15.1. The lowest BCUT2D eigenvalue weighted by Gasteiger charge is -2.13. The van der Waals surface area contributed by atoms with Gasteiger partial charge in [-0.15, -0.1) is 0 Å². The van der Waals surface area contributed by atoms with Crippen molar-refractivity contribution in [2.24, 2.45) is 5.73 Å². The highest BCUT2D eigenvalue weighted by Gasteiger charge is 2.06. The maximum absolute atomic E-state index is 10.8. The van der Waals surface area contributed by atoms with Crippen molar-refractivity contribution in [1.82, 2.24) is 4.98 Å². The van der Waals surface area contributed by atoms with Crippen LogP contribution < -0.4 is 21.1 Å². The van der Waals surface area contributed by atoms with Gasteiger partial charge in [-0.1, -0.05) is 0 Å². The van der Waals surface area contributed by atoms with E-state index in [1.165, 1.54) is 0 Å². The van der Waals surface area contributed by atoms with Crippen molar-refractivity contribution < 1.29 is 9.53 Å². The van der Waals surface area contributed by atoms with Gasteiger partial charge in [0.1, 0.15) is 17.3 Å². The lowest BCUT2D eigenvalue weighted by atomic mass is 10.2. The topological polar surface area (TPSA) is 89.3 Å². The third kappa shape index (κ3) is 4.37. The number of amides is 2. The Balaban J connectivity index is 2.15. The predicted molar refractivity (Wildman–Crippen MR) is 87.5 cm³/mol. The number of anilines is 2. The van der Waals surface area contributed by atoms with Crippen molar-refractivity contribution in [1.29, 1.82) is 0 Å². The molecule has 0 saturated carbocycles. The highest BCUT2D eigenvalue weighted by molar-refractivity contribution is 5.88. The fourth-order valence-corrected chi connectivity index (χ4v) is 1.96. The first-order valence-electron chi connectivity index (χ1n) is 7.01. The molecule has 0 atom stereocenters. The fraction of sp³-hybridized carbons (Fsp3) is 0.250. The molecule has 0 saturated heterocycles. The molecule has 2 aromatic rings. The molecular formula is C16H20N4O2. The Kier molecular flexibility index (Phi) is 4.83. The van der Waals surface area contributed by atoms with Crippen molar-refractivity contribution in [3.8, 4) is 11.5 Å². The maximum atomic E-state index is 10.8. The van der Waals surface area contributed by atoms with Gasteiger partial charge < -0.3 is 21.1 Å². The molecule has 1 heterocycles. The number of hydrogen-bond donors (Lipinski definition) is 3. The summed E-state index contributed by atoms with van der Waals surface area (Å²) in [6.07, 6.45) is 1.69. The van der Waals surface area contributed by atoms with E-state index in [1.54, 1.807) is 30.5 Å². The molecule has 2 rings (SSSR count). The molecule has 2 amide bonds. The number of hydrogen-bond acceptors (Lipinski definition) is 4. The molecule has 116 valence electrons. The van der Waals surface area contributed by atoms with Crippen LogP contribution in [0.15, 0.2) is 36.5 Å². The minimum atomic E-state index is -0.591. The number of nitrogens with two attached hydrogens (primary N) is 1. The van der Waals surface area contributed by atoms with Gasteiger partial charge in [-0.3, -0.25) is 0 Å². The van der Waals surface area contributed by atoms with Crippen molar-refractivity contribution in [3.63, 3.8) is 0 Å². The summed E-state index contributed by atoms with van der Waals surface area (Å²) in [6.45, 7) is 5.99. The van der Waals surface area contributed by atoms with Crippen molar-refractivity contribution >= 4 is 17.5 Å². The number of nitrogens with zero attached hydrogens (tertiary/aromatic N) is 1. The van der Waals surface area contributed by atoms with Crippen molar-refractivity contribution in [2.75, 3.05) is 10.6 Å². The smallest absolute Gasteiger partial charge is 0.316 e. The number of carbonyl (C=O) groups excluding carboxylic acids is 1. The molecule has 4 N–H and O–H groups in total. The molecule has 0 radical (unpaired) electrons. The van der Waals surface area contributed by atoms with Crippen LogP contribution in [0, 0.1) is 6.92 Å². The van der Waals surface area contributed by atoms with E-state index < -0.39 is 6.03 Å². The Morgan fingerprint density at radius 2 is 2.05 bits per heavy atom. The molecule has 0 bridgehead atoms. The molecule has 0 fully saturated rings. The molecule has 6 heteroatoms. The fourth-order valence-electron chi connectivity index (χ4n) is 1.96. The van der Waals surface area contributed by atoms with E-state index in [0.717, 1.165) is 11.4 Å². The molecule has 0 unspecified atom stereocenters. The molecule has 1 aromatic heterocycles. The highest BCUT2D eigenvalue weighted by atomic mass is 16.5. The summed E-state index contributed by atoms with van der Waals surface area (Å²) in [6, 6.07) is 8.66. The Morgan fingerprint density at radius 1 is 1.27 bits per heavy atom. The molecule has 6 nitrogen and oxygen atoms in total. The van der Waals surface area contributed by atoms with Crippen LogP contribution >= 0.6 is 0 Å². The second-order valence-electron chi connectivity index (χ2n) is 5.25. The number of aryl methyl sites for hydroxylation is 1. The van der Waals surface area contributed by atoms with Crippen LogP contribution in [-0.4, -0.2) is 17.1 Å². The van der Waals surface area contributed by atoms with Gasteiger partial charge in [0, 0.05) is 24.0 Å². The van der Waals surface area contributed by atoms with E-state index in [9.17, 15) is 4.79 Å². The van der Waals surface area contributed by atoms with Crippen LogP contribution in [0.2, 0.25) is 0 Å². The summed E-state index contributed by atoms with van der Waals surface area (Å²) >= 11 is 0. The van der Waals surface area contributed by atoms with Gasteiger partial charge in [-0.05, 0) is 50.6 Å². The summed E-state index contributed by atoms with van der Waals surface area (Å²) in [5.74, 6) is 2.16. The number of ether oxygens (including phenoxy) is 1. The number of rotatable bonds is 5. The van der Waals surface area contributed by atoms with Crippen molar-refractivity contribution in [3.05, 3.63) is 42.1 Å². The maximum Gasteiger partial charge on any atom is 0.316 e. The second-order valence-corrected chi connectivity index (χ2v) is 5.25. The SMILES string of the molecule is Cc1cc(NC(N)=O)ccc1Oc1ccnc(NC(C)C)c1. The zero-order valence-electron chi connectivity index (χ0n) is 12.9. The first kappa shape index (κ1) is 15.6. The number of aromatic nitrogens is 1. The van der Waals surface area contributed by atoms with Gasteiger partial charge >= 0.3 is 6.03 Å². The van der Waals surface area contributed by atoms with Crippen LogP contribution in [0.4, 0.5) is 16.3 Å². The lowest BCUT2D eigenvalue weighted by Crippen LogP contribution is -2.19. The monoisotopic (exact) mass is 300 g/mol. The molecule has 1 aromatic carbocycles. The van der Waals surface area contributed by atoms with Gasteiger partial charge in [0.15, 0.2) is 0 Å². The predicted octanol–water partition coefficient (Wildman–Crippen LogP) is 3.49. The van der Waals surface area contributed by atoms with Gasteiger partial charge in [-0.25, -0.2) is 9.78 Å². The second kappa shape index (κ2) is 6.80. The Hall–Kier alpha value is -2.76. The highest BCUT2D eigenvalue weighted by Crippen LogP contribution is 2.28. The first-order valence-corrected chi connectivity index (χ1v) is 7.01. The molecule has 0 aliphatic heterocycles. The zero-order chi connectivity index (χ0) is 16.1. The third-order valence-electron chi connectivity index (χ3n) is 2.84. The first-order chi connectivity index (χ1) is 10.4. The van der Waals surface area contributed by atoms with E-state index in [-0.39, 0.29) is 0 Å². The number of pyridine rings is 1. The molecule has 22 heavy (non-hydrogen) atoms. The number of urea groups is 1. The average Bonchev–Trinajstić information content (AvgIpc) is 2.41. The zero-order valence-corrected chi connectivity index (χ0v) is 12.9. The van der Waals surface area contributed by atoms with Gasteiger partial charge in [-0.2, -0.15) is 0 Å². The minimum Gasteiger partial charge on any atom is -0.457 e. The number of primary amides is 1. The van der Waals surface area contributed by atoms with Gasteiger partial charge in [0.25, 0.3) is 0 Å². The van der Waals surface area contributed by atoms with E-state index in [4.69, 9.17) is 10.5 Å². The third-order valence-corrected chi connectivity index (χ3v) is 2.84. The summed E-state index contributed by atoms with van der Waals surface area (Å²) in [5, 5.41) is 5.75. The quantitative estimate of drug-likeness (QED) is 0.788. The standard InChI is InChI=1S/C16H20N4O2/c1-10(2)19-15-9-13(6-7-18-15)22-14-5-4-12(8-11(14)3)20-16(17)21/h4-10H,1-3H3,(H,18,19)(H3,17,20,21). The van der Waals surface area contributed by atoms with Crippen LogP contribution in [0.3, 0.4) is 0 Å². The summed E-state index contributed by atoms with van der Waals surface area (Å²) in [5.41, 5.74) is 6.62. The van der Waals surface area contributed by atoms with E-state index >= 15 is 0 Å². The van der Waals surface area contributed by atoms with E-state index in [1.807, 2.05) is 26.8 Å². The molecule has 0 spiro atoms. The average molecular weight is 300 g/mol. The van der Waals surface area contributed by atoms with E-state index in [0.29, 0.717) is 23.2 Å². The summed E-state index contributed by atoms with van der Waals surface area (Å²) in [7, 11) is 0.